The lowest BCUT2D eigenvalue weighted by Gasteiger charge is -2.25. The molecule has 3 N–H and O–H groups in total. The molecule has 4 atom stereocenters. The molecule has 0 aromatic heterocycles. The fourth-order valence-electron chi connectivity index (χ4n) is 1.52. The Bertz CT molecular complexity index is 127. The van der Waals surface area contributed by atoms with E-state index in [1.165, 1.54) is 0 Å². The van der Waals surface area contributed by atoms with Crippen LogP contribution < -0.4 is 0 Å². The predicted molar refractivity (Wildman–Crippen MR) is 52.3 cm³/mol. The Morgan fingerprint density at radius 2 is 1.46 bits per heavy atom. The fraction of sp³-hybridized carbons (Fsp3) is 1.00. The molecule has 80 valence electrons. The number of aliphatic hydroxyl groups excluding tert-OH is 3. The van der Waals surface area contributed by atoms with Gasteiger partial charge in [0.15, 0.2) is 0 Å². The maximum absolute atomic E-state index is 9.69. The third kappa shape index (κ3) is 4.60. The molecule has 0 fully saturated rings. The summed E-state index contributed by atoms with van der Waals surface area (Å²) in [5.41, 5.74) is 0. The van der Waals surface area contributed by atoms with E-state index in [0.717, 1.165) is 6.42 Å². The topological polar surface area (TPSA) is 60.7 Å². The first-order valence-corrected chi connectivity index (χ1v) is 4.92. The molecule has 0 aliphatic carbocycles. The van der Waals surface area contributed by atoms with Crippen LogP contribution in [0.25, 0.3) is 0 Å². The molecule has 0 aromatic rings. The average molecular weight is 190 g/mol. The van der Waals surface area contributed by atoms with Crippen LogP contribution in [-0.4, -0.2) is 34.6 Å². The minimum absolute atomic E-state index is 0.0129. The molecular weight excluding hydrogens is 168 g/mol. The number of hydrogen-bond donors (Lipinski definition) is 3. The lowest BCUT2D eigenvalue weighted by atomic mass is 9.87. The number of rotatable bonds is 6. The Kier molecular flexibility index (Phi) is 6.29. The van der Waals surface area contributed by atoms with Crippen molar-refractivity contribution in [2.75, 3.05) is 13.2 Å². The summed E-state index contributed by atoms with van der Waals surface area (Å²) in [4.78, 5) is 0. The zero-order valence-corrected chi connectivity index (χ0v) is 8.77. The Morgan fingerprint density at radius 3 is 1.85 bits per heavy atom. The molecule has 3 nitrogen and oxygen atoms in total. The monoisotopic (exact) mass is 190 g/mol. The first kappa shape index (κ1) is 12.9. The summed E-state index contributed by atoms with van der Waals surface area (Å²) in [6.45, 7) is 5.89. The Morgan fingerprint density at radius 1 is 0.923 bits per heavy atom. The lowest BCUT2D eigenvalue weighted by molar-refractivity contribution is 0.0258. The molecule has 0 radical (unpaired) electrons. The van der Waals surface area contributed by atoms with Crippen LogP contribution in [0.1, 0.15) is 27.2 Å². The second-order valence-electron chi connectivity index (χ2n) is 4.15. The number of aliphatic hydroxyl groups is 3. The van der Waals surface area contributed by atoms with Crippen LogP contribution in [0.15, 0.2) is 0 Å². The highest BCUT2D eigenvalue weighted by atomic mass is 16.3. The van der Waals surface area contributed by atoms with Crippen LogP contribution in [-0.2, 0) is 0 Å². The van der Waals surface area contributed by atoms with Crippen LogP contribution in [0, 0.1) is 17.8 Å². The lowest BCUT2D eigenvalue weighted by Crippen LogP contribution is -2.29. The van der Waals surface area contributed by atoms with E-state index in [2.05, 4.69) is 0 Å². The van der Waals surface area contributed by atoms with Gasteiger partial charge in [0.05, 0.1) is 6.10 Å². The second kappa shape index (κ2) is 6.35. The van der Waals surface area contributed by atoms with Gasteiger partial charge in [-0.2, -0.15) is 0 Å². The molecule has 0 amide bonds. The van der Waals surface area contributed by atoms with E-state index in [-0.39, 0.29) is 31.0 Å². The van der Waals surface area contributed by atoms with Gasteiger partial charge in [-0.25, -0.2) is 0 Å². The van der Waals surface area contributed by atoms with Crippen molar-refractivity contribution in [2.24, 2.45) is 17.8 Å². The molecule has 0 saturated carbocycles. The SMILES string of the molecule is C[C@@H](CO)C[C@H](C)[C@@H](O)[C@@H](C)CO. The van der Waals surface area contributed by atoms with Gasteiger partial charge >= 0.3 is 0 Å². The third-order valence-electron chi connectivity index (χ3n) is 2.54. The Balaban J connectivity index is 3.87. The van der Waals surface area contributed by atoms with E-state index in [0.29, 0.717) is 0 Å². The molecule has 0 heterocycles. The molecule has 0 saturated heterocycles. The first-order chi connectivity index (χ1) is 6.02. The zero-order valence-electron chi connectivity index (χ0n) is 8.77. The molecule has 0 aliphatic heterocycles. The first-order valence-electron chi connectivity index (χ1n) is 4.92. The van der Waals surface area contributed by atoms with Gasteiger partial charge < -0.3 is 15.3 Å². The van der Waals surface area contributed by atoms with Gasteiger partial charge in [0, 0.05) is 19.1 Å². The van der Waals surface area contributed by atoms with Gasteiger partial charge in [-0.15, -0.1) is 0 Å². The minimum atomic E-state index is -0.473. The third-order valence-corrected chi connectivity index (χ3v) is 2.54. The van der Waals surface area contributed by atoms with E-state index in [9.17, 15) is 5.11 Å². The van der Waals surface area contributed by atoms with Gasteiger partial charge in [0.2, 0.25) is 0 Å². The highest BCUT2D eigenvalue weighted by Crippen LogP contribution is 2.19. The molecular formula is C10H22O3. The molecule has 0 rings (SSSR count). The van der Waals surface area contributed by atoms with E-state index < -0.39 is 6.10 Å². The minimum Gasteiger partial charge on any atom is -0.396 e. The van der Waals surface area contributed by atoms with Crippen molar-refractivity contribution in [1.29, 1.82) is 0 Å². The maximum atomic E-state index is 9.69. The van der Waals surface area contributed by atoms with E-state index in [1.54, 1.807) is 0 Å². The molecule has 0 spiro atoms. The van der Waals surface area contributed by atoms with Crippen LogP contribution in [0.5, 0.6) is 0 Å². The van der Waals surface area contributed by atoms with E-state index in [1.807, 2.05) is 20.8 Å². The standard InChI is InChI=1S/C10H22O3/c1-7(5-11)4-8(2)10(13)9(3)6-12/h7-13H,4-6H2,1-3H3/t7-,8+,9+,10-/m1/s1. The van der Waals surface area contributed by atoms with Gasteiger partial charge in [-0.3, -0.25) is 0 Å². The van der Waals surface area contributed by atoms with Crippen LogP contribution in [0.4, 0.5) is 0 Å². The fourth-order valence-corrected chi connectivity index (χ4v) is 1.52. The molecule has 0 unspecified atom stereocenters. The molecule has 3 heteroatoms. The normalized spacial score (nSPS) is 20.8. The summed E-state index contributed by atoms with van der Waals surface area (Å²) < 4.78 is 0. The van der Waals surface area contributed by atoms with Crippen molar-refractivity contribution in [3.63, 3.8) is 0 Å². The zero-order chi connectivity index (χ0) is 10.4. The van der Waals surface area contributed by atoms with Gasteiger partial charge in [-0.05, 0) is 18.3 Å². The van der Waals surface area contributed by atoms with Crippen LogP contribution >= 0.6 is 0 Å². The van der Waals surface area contributed by atoms with E-state index in [4.69, 9.17) is 10.2 Å². The Labute approximate surface area is 80.4 Å². The summed E-state index contributed by atoms with van der Waals surface area (Å²) in [7, 11) is 0. The Hall–Kier alpha value is -0.120. The predicted octanol–water partition coefficient (Wildman–Crippen LogP) is 0.630. The van der Waals surface area contributed by atoms with Crippen LogP contribution in [0.2, 0.25) is 0 Å². The maximum Gasteiger partial charge on any atom is 0.0613 e. The highest BCUT2D eigenvalue weighted by Gasteiger charge is 2.21. The number of hydrogen-bond acceptors (Lipinski definition) is 3. The van der Waals surface area contributed by atoms with Crippen molar-refractivity contribution in [3.05, 3.63) is 0 Å². The van der Waals surface area contributed by atoms with Crippen molar-refractivity contribution in [2.45, 2.75) is 33.3 Å². The van der Waals surface area contributed by atoms with Gasteiger partial charge in [-0.1, -0.05) is 20.8 Å². The second-order valence-corrected chi connectivity index (χ2v) is 4.15. The van der Waals surface area contributed by atoms with Crippen LogP contribution in [0.3, 0.4) is 0 Å². The summed E-state index contributed by atoms with van der Waals surface area (Å²) >= 11 is 0. The smallest absolute Gasteiger partial charge is 0.0613 e. The molecule has 0 aromatic carbocycles. The summed E-state index contributed by atoms with van der Waals surface area (Å²) in [6, 6.07) is 0. The van der Waals surface area contributed by atoms with Gasteiger partial charge in [0.1, 0.15) is 0 Å². The van der Waals surface area contributed by atoms with Crippen molar-refractivity contribution in [1.82, 2.24) is 0 Å². The molecule has 0 bridgehead atoms. The quantitative estimate of drug-likeness (QED) is 0.575. The summed E-state index contributed by atoms with van der Waals surface area (Å²) in [6.07, 6.45) is 0.321. The summed E-state index contributed by atoms with van der Waals surface area (Å²) in [5.74, 6) is 0.265. The molecule has 13 heavy (non-hydrogen) atoms. The van der Waals surface area contributed by atoms with Crippen molar-refractivity contribution < 1.29 is 15.3 Å². The van der Waals surface area contributed by atoms with Crippen molar-refractivity contribution >= 4 is 0 Å². The summed E-state index contributed by atoms with van der Waals surface area (Å²) in [5, 5.41) is 27.4. The molecule has 0 aliphatic rings. The average Bonchev–Trinajstić information content (AvgIpc) is 2.14. The largest absolute Gasteiger partial charge is 0.396 e. The van der Waals surface area contributed by atoms with Crippen molar-refractivity contribution in [3.8, 4) is 0 Å². The van der Waals surface area contributed by atoms with Gasteiger partial charge in [0.25, 0.3) is 0 Å². The highest BCUT2D eigenvalue weighted by molar-refractivity contribution is 4.71. The van der Waals surface area contributed by atoms with E-state index >= 15 is 0 Å².